The number of aliphatic carboxylic acids is 2. The zero-order valence-electron chi connectivity index (χ0n) is 15.0. The maximum atomic E-state index is 11.7. The number of hydrogen-bond donors (Lipinski definition) is 3. The highest BCUT2D eigenvalue weighted by molar-refractivity contribution is 5.77. The molecule has 26 heavy (non-hydrogen) atoms. The summed E-state index contributed by atoms with van der Waals surface area (Å²) in [5, 5.41) is 21.8. The molecule has 2 aromatic rings. The number of nitrogens with zero attached hydrogens (tertiary/aromatic N) is 2. The molecule has 7 nitrogen and oxygen atoms in total. The van der Waals surface area contributed by atoms with E-state index in [4.69, 9.17) is 0 Å². The van der Waals surface area contributed by atoms with Gasteiger partial charge in [-0.1, -0.05) is 50.6 Å². The second-order valence-electron chi connectivity index (χ2n) is 6.46. The lowest BCUT2D eigenvalue weighted by Gasteiger charge is -2.24. The summed E-state index contributed by atoms with van der Waals surface area (Å²) >= 11 is 0. The average Bonchev–Trinajstić information content (AvgIpc) is 3.05. The SMILES string of the molecule is CCC(C)C(N[C@@H](Cc1cncn1Cc1ccccc1)C(=O)O)C(=O)O. The molecule has 0 saturated carbocycles. The van der Waals surface area contributed by atoms with E-state index >= 15 is 0 Å². The van der Waals surface area contributed by atoms with Crippen LogP contribution in [0.15, 0.2) is 42.9 Å². The lowest BCUT2D eigenvalue weighted by Crippen LogP contribution is -2.51. The quantitative estimate of drug-likeness (QED) is 0.599. The van der Waals surface area contributed by atoms with E-state index in [1.165, 1.54) is 0 Å². The van der Waals surface area contributed by atoms with Crippen LogP contribution in [-0.4, -0.2) is 43.8 Å². The van der Waals surface area contributed by atoms with Gasteiger partial charge >= 0.3 is 11.9 Å². The van der Waals surface area contributed by atoms with Gasteiger partial charge in [-0.2, -0.15) is 0 Å². The number of carboxylic acid groups (broad SMARTS) is 2. The maximum absolute atomic E-state index is 11.7. The van der Waals surface area contributed by atoms with Crippen LogP contribution in [0.3, 0.4) is 0 Å². The highest BCUT2D eigenvalue weighted by atomic mass is 16.4. The van der Waals surface area contributed by atoms with Gasteiger partial charge in [0.2, 0.25) is 0 Å². The van der Waals surface area contributed by atoms with Gasteiger partial charge in [-0.25, -0.2) is 4.98 Å². The summed E-state index contributed by atoms with van der Waals surface area (Å²) in [5.74, 6) is -2.29. The minimum atomic E-state index is -1.08. The van der Waals surface area contributed by atoms with Crippen molar-refractivity contribution in [2.75, 3.05) is 0 Å². The van der Waals surface area contributed by atoms with E-state index in [1.807, 2.05) is 41.8 Å². The molecule has 3 N–H and O–H groups in total. The van der Waals surface area contributed by atoms with E-state index in [-0.39, 0.29) is 12.3 Å². The van der Waals surface area contributed by atoms with Gasteiger partial charge in [0.15, 0.2) is 0 Å². The van der Waals surface area contributed by atoms with Crippen molar-refractivity contribution in [2.24, 2.45) is 5.92 Å². The molecule has 140 valence electrons. The van der Waals surface area contributed by atoms with E-state index in [0.717, 1.165) is 11.3 Å². The Kier molecular flexibility index (Phi) is 6.91. The van der Waals surface area contributed by atoms with Crippen molar-refractivity contribution < 1.29 is 19.8 Å². The van der Waals surface area contributed by atoms with Gasteiger partial charge in [-0.05, 0) is 11.5 Å². The molecule has 1 heterocycles. The molecule has 3 atom stereocenters. The zero-order valence-corrected chi connectivity index (χ0v) is 15.0. The number of carboxylic acids is 2. The largest absolute Gasteiger partial charge is 0.480 e. The molecule has 0 aliphatic carbocycles. The fourth-order valence-electron chi connectivity index (χ4n) is 2.80. The maximum Gasteiger partial charge on any atom is 0.321 e. The summed E-state index contributed by atoms with van der Waals surface area (Å²) in [6.45, 7) is 4.26. The minimum absolute atomic E-state index is 0.155. The second kappa shape index (κ2) is 9.15. The molecule has 0 fully saturated rings. The summed E-state index contributed by atoms with van der Waals surface area (Å²) in [6.07, 6.45) is 4.08. The molecule has 0 radical (unpaired) electrons. The van der Waals surface area contributed by atoms with Crippen molar-refractivity contribution >= 4 is 11.9 Å². The Balaban J connectivity index is 2.14. The Bertz CT molecular complexity index is 729. The predicted molar refractivity (Wildman–Crippen MR) is 96.9 cm³/mol. The van der Waals surface area contributed by atoms with Crippen molar-refractivity contribution in [1.82, 2.24) is 14.9 Å². The number of hydrogen-bond acceptors (Lipinski definition) is 4. The zero-order chi connectivity index (χ0) is 19.1. The van der Waals surface area contributed by atoms with Gasteiger partial charge in [0.25, 0.3) is 0 Å². The normalized spacial score (nSPS) is 14.5. The van der Waals surface area contributed by atoms with E-state index in [1.54, 1.807) is 19.4 Å². The predicted octanol–water partition coefficient (Wildman–Crippen LogP) is 2.02. The molecule has 0 spiro atoms. The van der Waals surface area contributed by atoms with Gasteiger partial charge in [-0.3, -0.25) is 14.9 Å². The van der Waals surface area contributed by atoms with Gasteiger partial charge in [-0.15, -0.1) is 0 Å². The van der Waals surface area contributed by atoms with Gasteiger partial charge in [0.1, 0.15) is 12.1 Å². The molecule has 0 bridgehead atoms. The van der Waals surface area contributed by atoms with Gasteiger partial charge in [0, 0.05) is 24.9 Å². The number of aromatic nitrogens is 2. The monoisotopic (exact) mass is 359 g/mol. The highest BCUT2D eigenvalue weighted by Crippen LogP contribution is 2.12. The molecule has 7 heteroatoms. The first kappa shape index (κ1) is 19.7. The third kappa shape index (κ3) is 5.16. The van der Waals surface area contributed by atoms with Crippen LogP contribution < -0.4 is 5.32 Å². The van der Waals surface area contributed by atoms with Gasteiger partial charge in [0.05, 0.1) is 6.33 Å². The summed E-state index contributed by atoms with van der Waals surface area (Å²) in [7, 11) is 0. The first-order valence-electron chi connectivity index (χ1n) is 8.67. The molecule has 0 amide bonds. The Labute approximate surface area is 152 Å². The lowest BCUT2D eigenvalue weighted by atomic mass is 9.97. The summed E-state index contributed by atoms with van der Waals surface area (Å²) in [6, 6.07) is 7.88. The Morgan fingerprint density at radius 3 is 2.46 bits per heavy atom. The first-order valence-corrected chi connectivity index (χ1v) is 8.67. The number of imidazole rings is 1. The van der Waals surface area contributed by atoms with E-state index in [0.29, 0.717) is 13.0 Å². The summed E-state index contributed by atoms with van der Waals surface area (Å²) in [4.78, 5) is 27.3. The van der Waals surface area contributed by atoms with Crippen LogP contribution >= 0.6 is 0 Å². The summed E-state index contributed by atoms with van der Waals surface area (Å²) in [5.41, 5.74) is 1.82. The Morgan fingerprint density at radius 2 is 1.88 bits per heavy atom. The fourth-order valence-corrected chi connectivity index (χ4v) is 2.80. The molecule has 0 aliphatic heterocycles. The first-order chi connectivity index (χ1) is 12.4. The molecule has 2 unspecified atom stereocenters. The highest BCUT2D eigenvalue weighted by Gasteiger charge is 2.30. The third-order valence-electron chi connectivity index (χ3n) is 4.57. The number of rotatable bonds is 10. The molecule has 0 aliphatic rings. The molecule has 1 aromatic heterocycles. The van der Waals surface area contributed by atoms with Crippen molar-refractivity contribution in [1.29, 1.82) is 0 Å². The topological polar surface area (TPSA) is 104 Å². The smallest absolute Gasteiger partial charge is 0.321 e. The number of benzene rings is 1. The number of nitrogens with one attached hydrogen (secondary N) is 1. The minimum Gasteiger partial charge on any atom is -0.480 e. The second-order valence-corrected chi connectivity index (χ2v) is 6.46. The number of carbonyl (C=O) groups is 2. The standard InChI is InChI=1S/C19H25N3O4/c1-3-13(2)17(19(25)26)21-16(18(23)24)9-15-10-20-12-22(15)11-14-7-5-4-6-8-14/h4-8,10,12-13,16-17,21H,3,9,11H2,1-2H3,(H,23,24)(H,25,26)/t13?,16-,17?/m0/s1. The van der Waals surface area contributed by atoms with Crippen LogP contribution in [0.5, 0.6) is 0 Å². The molecule has 0 saturated heterocycles. The third-order valence-corrected chi connectivity index (χ3v) is 4.57. The summed E-state index contributed by atoms with van der Waals surface area (Å²) < 4.78 is 1.88. The molecular weight excluding hydrogens is 334 g/mol. The van der Waals surface area contributed by atoms with Gasteiger partial charge < -0.3 is 14.8 Å². The van der Waals surface area contributed by atoms with Crippen molar-refractivity contribution in [3.8, 4) is 0 Å². The average molecular weight is 359 g/mol. The molecule has 1 aromatic carbocycles. The van der Waals surface area contributed by atoms with E-state index in [2.05, 4.69) is 10.3 Å². The Morgan fingerprint density at radius 1 is 1.19 bits per heavy atom. The lowest BCUT2D eigenvalue weighted by molar-refractivity contribution is -0.143. The molecular formula is C19H25N3O4. The van der Waals surface area contributed by atoms with E-state index in [9.17, 15) is 19.8 Å². The van der Waals surface area contributed by atoms with E-state index < -0.39 is 24.0 Å². The van der Waals surface area contributed by atoms with Crippen LogP contribution in [0.4, 0.5) is 0 Å². The van der Waals surface area contributed by atoms with Crippen LogP contribution in [0, 0.1) is 5.92 Å². The van der Waals surface area contributed by atoms with Crippen LogP contribution in [0.25, 0.3) is 0 Å². The van der Waals surface area contributed by atoms with Crippen molar-refractivity contribution in [2.45, 2.75) is 45.3 Å². The van der Waals surface area contributed by atoms with Crippen molar-refractivity contribution in [3.63, 3.8) is 0 Å². The van der Waals surface area contributed by atoms with Crippen molar-refractivity contribution in [3.05, 3.63) is 54.1 Å². The fraction of sp³-hybridized carbons (Fsp3) is 0.421. The Hall–Kier alpha value is -2.67. The van der Waals surface area contributed by atoms with Crippen LogP contribution in [0.2, 0.25) is 0 Å². The molecule has 2 rings (SSSR count). The van der Waals surface area contributed by atoms with Crippen LogP contribution in [-0.2, 0) is 22.6 Å². The van der Waals surface area contributed by atoms with Crippen LogP contribution in [0.1, 0.15) is 31.5 Å².